The lowest BCUT2D eigenvalue weighted by Gasteiger charge is -2.32. The zero-order valence-electron chi connectivity index (χ0n) is 11.5. The van der Waals surface area contributed by atoms with Gasteiger partial charge in [-0.25, -0.2) is 4.79 Å². The Balaban J connectivity index is 2.13. The van der Waals surface area contributed by atoms with E-state index in [1.165, 1.54) is 16.8 Å². The average molecular weight is 300 g/mol. The third-order valence-electron chi connectivity index (χ3n) is 3.72. The number of esters is 1. The number of aryl methyl sites for hydroxylation is 1. The molecule has 7 heteroatoms. The molecule has 1 saturated carbocycles. The standard InChI is InChI=1S/C14H15F3N2O2/c1-19-8-9(7-18)6-11(19)13(20)21-12-5-3-2-4-10(12)14(15,16)17/h6,8,10,12H,2-5H2,1H3/t10-,12+/m1/s1. The lowest BCUT2D eigenvalue weighted by Crippen LogP contribution is -2.39. The number of nitriles is 1. The number of rotatable bonds is 2. The molecule has 0 spiro atoms. The van der Waals surface area contributed by atoms with Crippen LogP contribution in [0.15, 0.2) is 12.3 Å². The Kier molecular flexibility index (Phi) is 4.26. The molecule has 0 aliphatic heterocycles. The number of carbonyl (C=O) groups is 1. The van der Waals surface area contributed by atoms with Crippen molar-refractivity contribution in [3.63, 3.8) is 0 Å². The summed E-state index contributed by atoms with van der Waals surface area (Å²) in [4.78, 5) is 12.0. The van der Waals surface area contributed by atoms with Crippen LogP contribution in [0.5, 0.6) is 0 Å². The minimum absolute atomic E-state index is 0.0158. The highest BCUT2D eigenvalue weighted by Gasteiger charge is 2.47. The molecular formula is C14H15F3N2O2. The van der Waals surface area contributed by atoms with Gasteiger partial charge >= 0.3 is 12.1 Å². The first-order valence-electron chi connectivity index (χ1n) is 6.67. The Morgan fingerprint density at radius 1 is 1.43 bits per heavy atom. The molecule has 0 aromatic carbocycles. The normalized spacial score (nSPS) is 22.6. The zero-order chi connectivity index (χ0) is 15.6. The molecular weight excluding hydrogens is 285 g/mol. The van der Waals surface area contributed by atoms with Gasteiger partial charge in [0.25, 0.3) is 0 Å². The molecule has 1 aliphatic carbocycles. The van der Waals surface area contributed by atoms with Crippen molar-refractivity contribution in [3.8, 4) is 6.07 Å². The number of alkyl halides is 3. The summed E-state index contributed by atoms with van der Waals surface area (Å²) in [6.45, 7) is 0. The van der Waals surface area contributed by atoms with Gasteiger partial charge < -0.3 is 9.30 Å². The van der Waals surface area contributed by atoms with E-state index in [1.807, 2.05) is 6.07 Å². The summed E-state index contributed by atoms with van der Waals surface area (Å²) in [5.74, 6) is -2.42. The molecule has 1 aromatic heterocycles. The number of hydrogen-bond acceptors (Lipinski definition) is 3. The highest BCUT2D eigenvalue weighted by Crippen LogP contribution is 2.39. The molecule has 1 heterocycles. The molecule has 114 valence electrons. The third-order valence-corrected chi connectivity index (χ3v) is 3.72. The molecule has 21 heavy (non-hydrogen) atoms. The SMILES string of the molecule is Cn1cc(C#N)cc1C(=O)O[C@H]1CCCC[C@H]1C(F)(F)F. The zero-order valence-corrected chi connectivity index (χ0v) is 11.5. The Labute approximate surface area is 120 Å². The predicted molar refractivity (Wildman–Crippen MR) is 67.3 cm³/mol. The Morgan fingerprint density at radius 3 is 2.67 bits per heavy atom. The molecule has 0 unspecified atom stereocenters. The second kappa shape index (κ2) is 5.80. The smallest absolute Gasteiger partial charge is 0.395 e. The molecule has 1 fully saturated rings. The van der Waals surface area contributed by atoms with Crippen LogP contribution in [0.4, 0.5) is 13.2 Å². The highest BCUT2D eigenvalue weighted by molar-refractivity contribution is 5.88. The van der Waals surface area contributed by atoms with Crippen LogP contribution in [0.3, 0.4) is 0 Å². The van der Waals surface area contributed by atoms with E-state index in [1.54, 1.807) is 7.05 Å². The molecule has 0 N–H and O–H groups in total. The van der Waals surface area contributed by atoms with Gasteiger partial charge in [-0.2, -0.15) is 18.4 Å². The van der Waals surface area contributed by atoms with Gasteiger partial charge in [-0.05, 0) is 25.3 Å². The average Bonchev–Trinajstić information content (AvgIpc) is 2.79. The first kappa shape index (κ1) is 15.4. The summed E-state index contributed by atoms with van der Waals surface area (Å²) < 4.78 is 45.3. The van der Waals surface area contributed by atoms with Crippen molar-refractivity contribution in [2.24, 2.45) is 13.0 Å². The summed E-state index contributed by atoms with van der Waals surface area (Å²) in [5.41, 5.74) is 0.346. The van der Waals surface area contributed by atoms with Crippen molar-refractivity contribution in [2.45, 2.75) is 38.0 Å². The molecule has 2 atom stereocenters. The molecule has 0 radical (unpaired) electrons. The van der Waals surface area contributed by atoms with Gasteiger partial charge in [0, 0.05) is 13.2 Å². The van der Waals surface area contributed by atoms with Gasteiger partial charge in [-0.1, -0.05) is 6.42 Å². The lowest BCUT2D eigenvalue weighted by molar-refractivity contribution is -0.207. The monoisotopic (exact) mass is 300 g/mol. The number of aromatic nitrogens is 1. The number of hydrogen-bond donors (Lipinski definition) is 0. The van der Waals surface area contributed by atoms with Crippen LogP contribution in [-0.4, -0.2) is 22.8 Å². The van der Waals surface area contributed by atoms with E-state index in [9.17, 15) is 18.0 Å². The van der Waals surface area contributed by atoms with Gasteiger partial charge in [0.2, 0.25) is 0 Å². The van der Waals surface area contributed by atoms with E-state index in [4.69, 9.17) is 10.00 Å². The van der Waals surface area contributed by atoms with Crippen molar-refractivity contribution in [1.82, 2.24) is 4.57 Å². The van der Waals surface area contributed by atoms with Gasteiger partial charge in [0.05, 0.1) is 11.5 Å². The summed E-state index contributed by atoms with van der Waals surface area (Å²) in [5, 5.41) is 8.76. The van der Waals surface area contributed by atoms with Gasteiger partial charge in [0.1, 0.15) is 17.9 Å². The van der Waals surface area contributed by atoms with Gasteiger partial charge in [-0.3, -0.25) is 0 Å². The Hall–Kier alpha value is -1.97. The number of halogens is 3. The largest absolute Gasteiger partial charge is 0.457 e. The van der Waals surface area contributed by atoms with Gasteiger partial charge in [0.15, 0.2) is 0 Å². The summed E-state index contributed by atoms with van der Waals surface area (Å²) in [6, 6.07) is 3.18. The predicted octanol–water partition coefficient (Wildman–Crippen LogP) is 3.17. The van der Waals surface area contributed by atoms with Crippen LogP contribution in [0.1, 0.15) is 41.7 Å². The van der Waals surface area contributed by atoms with E-state index >= 15 is 0 Å². The van der Waals surface area contributed by atoms with Crippen LogP contribution in [0, 0.1) is 17.2 Å². The number of nitrogens with zero attached hydrogens (tertiary/aromatic N) is 2. The molecule has 1 aliphatic rings. The van der Waals surface area contributed by atoms with E-state index in [-0.39, 0.29) is 24.1 Å². The van der Waals surface area contributed by atoms with Crippen molar-refractivity contribution >= 4 is 5.97 Å². The maximum absolute atomic E-state index is 12.9. The van der Waals surface area contributed by atoms with E-state index < -0.39 is 24.2 Å². The second-order valence-electron chi connectivity index (χ2n) is 5.21. The first-order valence-corrected chi connectivity index (χ1v) is 6.67. The fourth-order valence-corrected chi connectivity index (χ4v) is 2.64. The summed E-state index contributed by atoms with van der Waals surface area (Å²) in [7, 11) is 1.54. The Bertz CT molecular complexity index is 572. The van der Waals surface area contributed by atoms with Crippen molar-refractivity contribution in [3.05, 3.63) is 23.5 Å². The molecule has 0 saturated heterocycles. The molecule has 4 nitrogen and oxygen atoms in total. The maximum Gasteiger partial charge on any atom is 0.395 e. The first-order chi connectivity index (χ1) is 9.82. The Morgan fingerprint density at radius 2 is 2.10 bits per heavy atom. The van der Waals surface area contributed by atoms with Crippen molar-refractivity contribution in [2.75, 3.05) is 0 Å². The molecule has 0 amide bonds. The molecule has 1 aromatic rings. The molecule has 2 rings (SSSR count). The second-order valence-corrected chi connectivity index (χ2v) is 5.21. The van der Waals surface area contributed by atoms with Crippen LogP contribution >= 0.6 is 0 Å². The summed E-state index contributed by atoms with van der Waals surface area (Å²) >= 11 is 0. The van der Waals surface area contributed by atoms with Crippen LogP contribution < -0.4 is 0 Å². The lowest BCUT2D eigenvalue weighted by atomic mass is 9.86. The number of carbonyl (C=O) groups excluding carboxylic acids is 1. The summed E-state index contributed by atoms with van der Waals surface area (Å²) in [6.07, 6.45) is -2.78. The van der Waals surface area contributed by atoms with E-state index in [0.29, 0.717) is 12.8 Å². The maximum atomic E-state index is 12.9. The topological polar surface area (TPSA) is 55.0 Å². The van der Waals surface area contributed by atoms with E-state index in [2.05, 4.69) is 0 Å². The minimum Gasteiger partial charge on any atom is -0.457 e. The van der Waals surface area contributed by atoms with E-state index in [0.717, 1.165) is 0 Å². The fraction of sp³-hybridized carbons (Fsp3) is 0.571. The molecule has 0 bridgehead atoms. The number of ether oxygens (including phenoxy) is 1. The highest BCUT2D eigenvalue weighted by atomic mass is 19.4. The van der Waals surface area contributed by atoms with Gasteiger partial charge in [-0.15, -0.1) is 0 Å². The van der Waals surface area contributed by atoms with Crippen molar-refractivity contribution < 1.29 is 22.7 Å². The van der Waals surface area contributed by atoms with Crippen LogP contribution in [-0.2, 0) is 11.8 Å². The van der Waals surface area contributed by atoms with Crippen molar-refractivity contribution in [1.29, 1.82) is 5.26 Å². The third kappa shape index (κ3) is 3.38. The van der Waals surface area contributed by atoms with Crippen LogP contribution in [0.25, 0.3) is 0 Å². The minimum atomic E-state index is -4.36. The fourth-order valence-electron chi connectivity index (χ4n) is 2.64. The quantitative estimate of drug-likeness (QED) is 0.788. The van der Waals surface area contributed by atoms with Crippen LogP contribution in [0.2, 0.25) is 0 Å².